The molecule has 1 N–H and O–H groups in total. The van der Waals surface area contributed by atoms with Crippen molar-refractivity contribution in [2.24, 2.45) is 16.7 Å². The first kappa shape index (κ1) is 18.1. The zero-order valence-electron chi connectivity index (χ0n) is 14.8. The summed E-state index contributed by atoms with van der Waals surface area (Å²) in [6.45, 7) is 6.67. The second kappa shape index (κ2) is 5.92. The van der Waals surface area contributed by atoms with E-state index in [1.54, 1.807) is 12.1 Å². The molecule has 2 aliphatic carbocycles. The average Bonchev–Trinajstić information content (AvgIpc) is 2.87. The summed E-state index contributed by atoms with van der Waals surface area (Å²) >= 11 is 0. The number of carbonyl (C=O) groups is 1. The molecule has 5 heteroatoms. The zero-order valence-corrected chi connectivity index (χ0v) is 15.6. The smallest absolute Gasteiger partial charge is 0.294 e. The Bertz CT molecular complexity index is 930. The van der Waals surface area contributed by atoms with Crippen molar-refractivity contribution in [3.05, 3.63) is 42.5 Å². The third-order valence-electron chi connectivity index (χ3n) is 6.50. The minimum atomic E-state index is -4.09. The molecule has 0 amide bonds. The van der Waals surface area contributed by atoms with Gasteiger partial charge in [-0.15, -0.1) is 0 Å². The van der Waals surface area contributed by atoms with Gasteiger partial charge in [0, 0.05) is 11.8 Å². The van der Waals surface area contributed by atoms with Crippen molar-refractivity contribution in [2.75, 3.05) is 0 Å². The highest BCUT2D eigenvalue weighted by atomic mass is 32.2. The number of carbonyl (C=O) groups excluding carboxylic acids is 1. The SMILES string of the molecule is CC12CCC(CC1=O)C2(C)C.O=S(=O)(O)c1ccc2ccccc2c1. The number of hydrogen-bond acceptors (Lipinski definition) is 3. The predicted octanol–water partition coefficient (Wildman–Crippen LogP) is 4.49. The fourth-order valence-electron chi connectivity index (χ4n) is 4.23. The molecule has 0 aromatic heterocycles. The van der Waals surface area contributed by atoms with Crippen LogP contribution >= 0.6 is 0 Å². The van der Waals surface area contributed by atoms with Crippen LogP contribution in [0.2, 0.25) is 0 Å². The molecule has 0 radical (unpaired) electrons. The Hall–Kier alpha value is -1.72. The monoisotopic (exact) mass is 360 g/mol. The van der Waals surface area contributed by atoms with Gasteiger partial charge in [-0.2, -0.15) is 8.42 Å². The van der Waals surface area contributed by atoms with Gasteiger partial charge in [-0.3, -0.25) is 9.35 Å². The normalized spacial score (nSPS) is 27.2. The van der Waals surface area contributed by atoms with E-state index in [0.29, 0.717) is 11.7 Å². The fraction of sp³-hybridized carbons (Fsp3) is 0.450. The molecule has 2 aliphatic rings. The molecule has 4 nitrogen and oxygen atoms in total. The van der Waals surface area contributed by atoms with Crippen LogP contribution < -0.4 is 0 Å². The van der Waals surface area contributed by atoms with E-state index in [0.717, 1.165) is 23.6 Å². The molecular weight excluding hydrogens is 336 g/mol. The van der Waals surface area contributed by atoms with Gasteiger partial charge in [-0.1, -0.05) is 51.1 Å². The number of hydrogen-bond donors (Lipinski definition) is 1. The summed E-state index contributed by atoms with van der Waals surface area (Å²) < 4.78 is 30.5. The fourth-order valence-corrected chi connectivity index (χ4v) is 4.75. The lowest BCUT2D eigenvalue weighted by Gasteiger charge is -2.32. The van der Waals surface area contributed by atoms with Crippen molar-refractivity contribution in [3.8, 4) is 0 Å². The first-order chi connectivity index (χ1) is 11.6. The minimum absolute atomic E-state index is 0.0255. The van der Waals surface area contributed by atoms with E-state index >= 15 is 0 Å². The lowest BCUT2D eigenvalue weighted by molar-refractivity contribution is -0.128. The van der Waals surface area contributed by atoms with Gasteiger partial charge in [0.25, 0.3) is 10.1 Å². The summed E-state index contributed by atoms with van der Waals surface area (Å²) in [5.74, 6) is 1.19. The number of ketones is 1. The van der Waals surface area contributed by atoms with Crippen LogP contribution in [0.15, 0.2) is 47.4 Å². The van der Waals surface area contributed by atoms with Gasteiger partial charge in [0.15, 0.2) is 0 Å². The molecule has 2 atom stereocenters. The summed E-state index contributed by atoms with van der Waals surface area (Å²) in [4.78, 5) is 11.5. The third-order valence-corrected chi connectivity index (χ3v) is 7.35. The van der Waals surface area contributed by atoms with E-state index < -0.39 is 10.1 Å². The number of rotatable bonds is 1. The van der Waals surface area contributed by atoms with Crippen molar-refractivity contribution >= 4 is 26.7 Å². The molecule has 2 aromatic carbocycles. The van der Waals surface area contributed by atoms with E-state index in [9.17, 15) is 13.2 Å². The molecule has 25 heavy (non-hydrogen) atoms. The minimum Gasteiger partial charge on any atom is -0.299 e. The standard InChI is InChI=1S/C10H8O3S.C10H16O/c11-14(12,13)10-6-5-8-3-1-2-4-9(8)7-10;1-9(2)7-4-5-10(9,3)8(11)6-7/h1-7H,(H,11,12,13);7H,4-6H2,1-3H3. The van der Waals surface area contributed by atoms with Gasteiger partial charge < -0.3 is 0 Å². The van der Waals surface area contributed by atoms with Crippen LogP contribution in [0.5, 0.6) is 0 Å². The molecule has 0 spiro atoms. The third kappa shape index (κ3) is 3.00. The molecule has 0 heterocycles. The van der Waals surface area contributed by atoms with E-state index in [4.69, 9.17) is 4.55 Å². The Kier molecular flexibility index (Phi) is 4.28. The molecule has 134 valence electrons. The van der Waals surface area contributed by atoms with Crippen molar-refractivity contribution in [3.63, 3.8) is 0 Å². The largest absolute Gasteiger partial charge is 0.299 e. The average molecular weight is 360 g/mol. The molecule has 2 fully saturated rings. The molecule has 2 unspecified atom stereocenters. The van der Waals surface area contributed by atoms with E-state index in [1.807, 2.05) is 18.2 Å². The van der Waals surface area contributed by atoms with Crippen molar-refractivity contribution in [2.45, 2.75) is 44.9 Å². The van der Waals surface area contributed by atoms with E-state index in [2.05, 4.69) is 20.8 Å². The maximum atomic E-state index is 11.6. The van der Waals surface area contributed by atoms with Gasteiger partial charge in [-0.05, 0) is 47.1 Å². The van der Waals surface area contributed by atoms with E-state index in [1.165, 1.54) is 18.6 Å². The van der Waals surface area contributed by atoms with Crippen LogP contribution in [0.25, 0.3) is 10.8 Å². The second-order valence-electron chi connectivity index (χ2n) is 7.90. The highest BCUT2D eigenvalue weighted by Crippen LogP contribution is 2.63. The Labute approximate surface area is 149 Å². The Morgan fingerprint density at radius 1 is 1.04 bits per heavy atom. The quantitative estimate of drug-likeness (QED) is 0.761. The van der Waals surface area contributed by atoms with Crippen molar-refractivity contribution < 1.29 is 17.8 Å². The number of fused-ring (bicyclic) bond motifs is 3. The molecule has 0 aliphatic heterocycles. The van der Waals surface area contributed by atoms with Crippen LogP contribution in [0, 0.1) is 16.7 Å². The first-order valence-electron chi connectivity index (χ1n) is 8.55. The van der Waals surface area contributed by atoms with Gasteiger partial charge in [0.05, 0.1) is 4.90 Å². The second-order valence-corrected chi connectivity index (χ2v) is 9.32. The highest BCUT2D eigenvalue weighted by Gasteiger charge is 2.61. The predicted molar refractivity (Wildman–Crippen MR) is 98.0 cm³/mol. The Morgan fingerprint density at radius 3 is 2.12 bits per heavy atom. The van der Waals surface area contributed by atoms with Crippen LogP contribution in [0.4, 0.5) is 0 Å². The summed E-state index contributed by atoms with van der Waals surface area (Å²) in [5.41, 5.74) is 0.307. The maximum absolute atomic E-state index is 11.6. The van der Waals surface area contributed by atoms with Gasteiger partial charge in [0.1, 0.15) is 5.78 Å². The molecule has 2 bridgehead atoms. The molecule has 2 saturated carbocycles. The molecule has 0 saturated heterocycles. The summed E-state index contributed by atoms with van der Waals surface area (Å²) in [6.07, 6.45) is 3.25. The molecule has 2 aromatic rings. The molecule has 4 rings (SSSR count). The number of Topliss-reactive ketones (excluding diaryl/α,β-unsaturated/α-hetero) is 1. The number of benzene rings is 2. The van der Waals surface area contributed by atoms with Gasteiger partial charge >= 0.3 is 0 Å². The van der Waals surface area contributed by atoms with E-state index in [-0.39, 0.29) is 15.7 Å². The zero-order chi connectivity index (χ0) is 18.5. The topological polar surface area (TPSA) is 71.4 Å². The first-order valence-corrected chi connectivity index (χ1v) is 9.99. The molecular formula is C20H24O4S. The highest BCUT2D eigenvalue weighted by molar-refractivity contribution is 7.85. The lowest BCUT2D eigenvalue weighted by Crippen LogP contribution is -2.32. The summed E-state index contributed by atoms with van der Waals surface area (Å²) in [5, 5.41) is 1.74. The Balaban J connectivity index is 0.000000150. The lowest BCUT2D eigenvalue weighted by atomic mass is 9.70. The Morgan fingerprint density at radius 2 is 1.68 bits per heavy atom. The van der Waals surface area contributed by atoms with Crippen LogP contribution in [0.3, 0.4) is 0 Å². The van der Waals surface area contributed by atoms with Crippen molar-refractivity contribution in [1.29, 1.82) is 0 Å². The van der Waals surface area contributed by atoms with Gasteiger partial charge in [-0.25, -0.2) is 0 Å². The van der Waals surface area contributed by atoms with Crippen LogP contribution in [-0.4, -0.2) is 18.8 Å². The van der Waals surface area contributed by atoms with Crippen LogP contribution in [-0.2, 0) is 14.9 Å². The maximum Gasteiger partial charge on any atom is 0.294 e. The van der Waals surface area contributed by atoms with Crippen LogP contribution in [0.1, 0.15) is 40.0 Å². The summed E-state index contributed by atoms with van der Waals surface area (Å²) in [6, 6.07) is 11.9. The van der Waals surface area contributed by atoms with Gasteiger partial charge in [0.2, 0.25) is 0 Å². The van der Waals surface area contributed by atoms with Crippen molar-refractivity contribution in [1.82, 2.24) is 0 Å². The summed E-state index contributed by atoms with van der Waals surface area (Å²) in [7, 11) is -4.09.